The van der Waals surface area contributed by atoms with Gasteiger partial charge in [0.15, 0.2) is 0 Å². The van der Waals surface area contributed by atoms with E-state index in [0.29, 0.717) is 31.0 Å². The molecule has 3 heterocycles. The van der Waals surface area contributed by atoms with Crippen molar-refractivity contribution in [1.82, 2.24) is 20.1 Å². The quantitative estimate of drug-likeness (QED) is 0.854. The maximum Gasteiger partial charge on any atom is 0.269 e. The Bertz CT molecular complexity index is 746. The first-order valence-corrected chi connectivity index (χ1v) is 8.28. The van der Waals surface area contributed by atoms with Crippen LogP contribution >= 0.6 is 0 Å². The van der Waals surface area contributed by atoms with Crippen molar-refractivity contribution in [3.63, 3.8) is 0 Å². The summed E-state index contributed by atoms with van der Waals surface area (Å²) in [6.45, 7) is 4.95. The second kappa shape index (κ2) is 6.79. The molecule has 0 radical (unpaired) electrons. The first-order valence-electron chi connectivity index (χ1n) is 8.28. The lowest BCUT2D eigenvalue weighted by Gasteiger charge is -2.24. The van der Waals surface area contributed by atoms with E-state index in [1.807, 2.05) is 18.7 Å². The molecule has 3 rings (SSSR count). The van der Waals surface area contributed by atoms with Gasteiger partial charge in [-0.2, -0.15) is 5.10 Å². The number of carbonyl (C=O) groups is 1. The minimum absolute atomic E-state index is 0.0744. The third-order valence-electron chi connectivity index (χ3n) is 4.34. The lowest BCUT2D eigenvalue weighted by atomic mass is 10.0. The number of nitrogens with one attached hydrogen (secondary N) is 1. The Morgan fingerprint density at radius 2 is 2.24 bits per heavy atom. The Labute approximate surface area is 145 Å². The molecule has 1 atom stereocenters. The summed E-state index contributed by atoms with van der Waals surface area (Å²) in [6.07, 6.45) is 3.23. The van der Waals surface area contributed by atoms with Crippen molar-refractivity contribution in [2.45, 2.75) is 31.9 Å². The molecular formula is C17H22FN5O2. The van der Waals surface area contributed by atoms with Crippen LogP contribution in [0.4, 0.5) is 10.2 Å². The number of hydrogen-bond acceptors (Lipinski definition) is 5. The maximum absolute atomic E-state index is 13.0. The second-order valence-corrected chi connectivity index (χ2v) is 6.67. The van der Waals surface area contributed by atoms with E-state index in [-0.39, 0.29) is 18.5 Å². The highest BCUT2D eigenvalue weighted by Gasteiger charge is 2.37. The third-order valence-corrected chi connectivity index (χ3v) is 4.34. The van der Waals surface area contributed by atoms with Gasteiger partial charge in [0.05, 0.1) is 6.20 Å². The predicted molar refractivity (Wildman–Crippen MR) is 90.9 cm³/mol. The van der Waals surface area contributed by atoms with E-state index in [1.165, 1.54) is 6.07 Å². The van der Waals surface area contributed by atoms with Crippen molar-refractivity contribution in [2.75, 3.05) is 24.5 Å². The number of aliphatic hydroxyl groups is 1. The molecule has 1 saturated heterocycles. The molecule has 1 aliphatic heterocycles. The van der Waals surface area contributed by atoms with Crippen molar-refractivity contribution in [3.8, 4) is 0 Å². The molecule has 0 spiro atoms. The molecule has 25 heavy (non-hydrogen) atoms. The number of anilines is 1. The minimum atomic E-state index is -1.05. The standard InChI is InChI=1S/C17H22FN5O2/c1-12(2)23-14(5-7-21-23)16(24)20-10-17(25)6-8-22(11-17)15-4-3-13(18)9-19-15/h3-5,7,9,12,25H,6,8,10-11H2,1-2H3,(H,20,24)/t17-/m1/s1. The molecule has 0 aromatic carbocycles. The summed E-state index contributed by atoms with van der Waals surface area (Å²) in [6, 6.07) is 4.66. The van der Waals surface area contributed by atoms with Crippen LogP contribution in [-0.2, 0) is 0 Å². The van der Waals surface area contributed by atoms with Crippen molar-refractivity contribution >= 4 is 11.7 Å². The summed E-state index contributed by atoms with van der Waals surface area (Å²) in [5.74, 6) is -0.0493. The fraction of sp³-hybridized carbons (Fsp3) is 0.471. The van der Waals surface area contributed by atoms with Gasteiger partial charge in [0.1, 0.15) is 22.9 Å². The van der Waals surface area contributed by atoms with Crippen molar-refractivity contribution in [2.24, 2.45) is 0 Å². The third kappa shape index (κ3) is 3.79. The number of β-amino-alcohol motifs (C(OH)–C–C–N with tert-alkyl or cyclic N) is 1. The molecule has 8 heteroatoms. The van der Waals surface area contributed by atoms with Crippen LogP contribution in [0.15, 0.2) is 30.6 Å². The molecule has 7 nitrogen and oxygen atoms in total. The zero-order chi connectivity index (χ0) is 18.0. The molecule has 0 aliphatic carbocycles. The molecule has 0 saturated carbocycles. The Balaban J connectivity index is 1.60. The fourth-order valence-corrected chi connectivity index (χ4v) is 2.99. The molecule has 1 aliphatic rings. The summed E-state index contributed by atoms with van der Waals surface area (Å²) in [5.41, 5.74) is -0.581. The topological polar surface area (TPSA) is 83.3 Å². The van der Waals surface area contributed by atoms with Gasteiger partial charge in [-0.1, -0.05) is 0 Å². The SMILES string of the molecule is CC(C)n1nccc1C(=O)NC[C@]1(O)CCN(c2ccc(F)cn2)C1. The molecule has 0 unspecified atom stereocenters. The Morgan fingerprint density at radius 1 is 1.44 bits per heavy atom. The van der Waals surface area contributed by atoms with E-state index in [1.54, 1.807) is 23.0 Å². The molecule has 2 aromatic rings. The zero-order valence-corrected chi connectivity index (χ0v) is 14.3. The van der Waals surface area contributed by atoms with Crippen LogP contribution in [0.25, 0.3) is 0 Å². The first-order chi connectivity index (χ1) is 11.9. The van der Waals surface area contributed by atoms with Gasteiger partial charge >= 0.3 is 0 Å². The van der Waals surface area contributed by atoms with Gasteiger partial charge in [-0.3, -0.25) is 9.48 Å². The monoisotopic (exact) mass is 347 g/mol. The summed E-state index contributed by atoms with van der Waals surface area (Å²) in [7, 11) is 0. The highest BCUT2D eigenvalue weighted by atomic mass is 19.1. The smallest absolute Gasteiger partial charge is 0.269 e. The molecule has 2 N–H and O–H groups in total. The zero-order valence-electron chi connectivity index (χ0n) is 14.3. The van der Waals surface area contributed by atoms with Gasteiger partial charge in [-0.05, 0) is 38.5 Å². The van der Waals surface area contributed by atoms with Crippen molar-refractivity contribution < 1.29 is 14.3 Å². The van der Waals surface area contributed by atoms with Gasteiger partial charge in [0, 0.05) is 31.9 Å². The van der Waals surface area contributed by atoms with E-state index in [2.05, 4.69) is 15.4 Å². The summed E-state index contributed by atoms with van der Waals surface area (Å²) < 4.78 is 14.6. The van der Waals surface area contributed by atoms with Crippen LogP contribution in [0, 0.1) is 5.82 Å². The van der Waals surface area contributed by atoms with Crippen molar-refractivity contribution in [1.29, 1.82) is 0 Å². The lowest BCUT2D eigenvalue weighted by molar-refractivity contribution is 0.0571. The van der Waals surface area contributed by atoms with E-state index in [4.69, 9.17) is 0 Å². The normalized spacial score (nSPS) is 20.3. The van der Waals surface area contributed by atoms with Gasteiger partial charge in [0.25, 0.3) is 5.91 Å². The van der Waals surface area contributed by atoms with Gasteiger partial charge in [-0.25, -0.2) is 9.37 Å². The number of pyridine rings is 1. The van der Waals surface area contributed by atoms with Gasteiger partial charge in [-0.15, -0.1) is 0 Å². The summed E-state index contributed by atoms with van der Waals surface area (Å²) in [5, 5.41) is 17.6. The largest absolute Gasteiger partial charge is 0.386 e. The number of amides is 1. The van der Waals surface area contributed by atoms with Crippen LogP contribution in [-0.4, -0.2) is 51.0 Å². The van der Waals surface area contributed by atoms with Crippen LogP contribution in [0.2, 0.25) is 0 Å². The molecule has 134 valence electrons. The lowest BCUT2D eigenvalue weighted by Crippen LogP contribution is -2.45. The number of nitrogens with zero attached hydrogens (tertiary/aromatic N) is 4. The molecule has 1 fully saturated rings. The fourth-order valence-electron chi connectivity index (χ4n) is 2.99. The summed E-state index contributed by atoms with van der Waals surface area (Å²) in [4.78, 5) is 18.3. The molecule has 2 aromatic heterocycles. The van der Waals surface area contributed by atoms with E-state index in [0.717, 1.165) is 6.20 Å². The second-order valence-electron chi connectivity index (χ2n) is 6.67. The Morgan fingerprint density at radius 3 is 2.92 bits per heavy atom. The van der Waals surface area contributed by atoms with E-state index < -0.39 is 11.4 Å². The number of hydrogen-bond donors (Lipinski definition) is 2. The number of aromatic nitrogens is 3. The first kappa shape index (κ1) is 17.3. The van der Waals surface area contributed by atoms with Gasteiger partial charge in [0.2, 0.25) is 0 Å². The summed E-state index contributed by atoms with van der Waals surface area (Å²) >= 11 is 0. The van der Waals surface area contributed by atoms with E-state index in [9.17, 15) is 14.3 Å². The maximum atomic E-state index is 13.0. The number of carbonyl (C=O) groups excluding carboxylic acids is 1. The van der Waals surface area contributed by atoms with Crippen LogP contribution < -0.4 is 10.2 Å². The molecule has 1 amide bonds. The molecule has 0 bridgehead atoms. The number of halogens is 1. The van der Waals surface area contributed by atoms with Crippen LogP contribution in [0.3, 0.4) is 0 Å². The highest BCUT2D eigenvalue weighted by molar-refractivity contribution is 5.92. The van der Waals surface area contributed by atoms with Gasteiger partial charge < -0.3 is 15.3 Å². The van der Waals surface area contributed by atoms with Crippen LogP contribution in [0.5, 0.6) is 0 Å². The van der Waals surface area contributed by atoms with Crippen LogP contribution in [0.1, 0.15) is 36.8 Å². The number of rotatable bonds is 5. The average Bonchev–Trinajstić information content (AvgIpc) is 3.21. The van der Waals surface area contributed by atoms with Crippen molar-refractivity contribution in [3.05, 3.63) is 42.1 Å². The predicted octanol–water partition coefficient (Wildman–Crippen LogP) is 1.37. The average molecular weight is 347 g/mol. The van der Waals surface area contributed by atoms with E-state index >= 15 is 0 Å². The Hall–Kier alpha value is -2.48. The highest BCUT2D eigenvalue weighted by Crippen LogP contribution is 2.25. The molecular weight excluding hydrogens is 325 g/mol. The Kier molecular flexibility index (Phi) is 4.71. The minimum Gasteiger partial charge on any atom is -0.386 e.